The number of hydrogen-bond acceptors (Lipinski definition) is 4. The molecule has 4 nitrogen and oxygen atoms in total. The van der Waals surface area contributed by atoms with Gasteiger partial charge in [0, 0.05) is 11.9 Å². The summed E-state index contributed by atoms with van der Waals surface area (Å²) >= 11 is 0. The Bertz CT molecular complexity index is 506. The minimum absolute atomic E-state index is 0. The molecule has 2 atom stereocenters. The van der Waals surface area contributed by atoms with E-state index < -0.39 is 17.8 Å². The molecular weight excluding hydrogens is 423 g/mol. The fourth-order valence-electron chi connectivity index (χ4n) is 4.66. The van der Waals surface area contributed by atoms with Crippen LogP contribution in [0.5, 0.6) is 0 Å². The molecule has 0 aromatic rings. The molecule has 33 heavy (non-hydrogen) atoms. The average Bonchev–Trinajstić information content (AvgIpc) is 2.80. The number of carboxylic acid groups (broad SMARTS) is 1. The molecule has 2 unspecified atom stereocenters. The predicted molar refractivity (Wildman–Crippen MR) is 130 cm³/mol. The van der Waals surface area contributed by atoms with E-state index in [4.69, 9.17) is 4.74 Å². The molecule has 0 radical (unpaired) electrons. The van der Waals surface area contributed by atoms with Gasteiger partial charge in [0.15, 0.2) is 0 Å². The third-order valence-electron chi connectivity index (χ3n) is 6.77. The summed E-state index contributed by atoms with van der Waals surface area (Å²) < 4.78 is 5.36. The van der Waals surface area contributed by atoms with Crippen molar-refractivity contribution >= 4 is 11.9 Å². The van der Waals surface area contributed by atoms with Gasteiger partial charge in [-0.15, -0.1) is 0 Å². The van der Waals surface area contributed by atoms with E-state index in [-0.39, 0.29) is 35.5 Å². The zero-order valence-electron chi connectivity index (χ0n) is 21.8. The smallest absolute Gasteiger partial charge is 0.550 e. The number of unbranched alkanes of at least 4 members (excludes halogenated alkanes) is 14. The van der Waals surface area contributed by atoms with Crippen LogP contribution in [-0.2, 0) is 14.3 Å². The molecule has 1 fully saturated rings. The quantitative estimate of drug-likeness (QED) is 0.117. The number of ether oxygens (including phenoxy) is 1. The second-order valence-electron chi connectivity index (χ2n) is 9.63. The van der Waals surface area contributed by atoms with Gasteiger partial charge in [-0.05, 0) is 38.5 Å². The summed E-state index contributed by atoms with van der Waals surface area (Å²) in [5, 5.41) is 11.2. The maximum atomic E-state index is 12.2. The van der Waals surface area contributed by atoms with Crippen molar-refractivity contribution in [1.29, 1.82) is 0 Å². The first-order valence-corrected chi connectivity index (χ1v) is 13.7. The minimum atomic E-state index is -1.10. The summed E-state index contributed by atoms with van der Waals surface area (Å²) in [4.78, 5) is 23.4. The number of carbonyl (C=O) groups excluding carboxylic acids is 2. The first-order valence-electron chi connectivity index (χ1n) is 13.7. The van der Waals surface area contributed by atoms with Crippen molar-refractivity contribution in [2.75, 3.05) is 6.61 Å². The van der Waals surface area contributed by atoms with Crippen molar-refractivity contribution in [3.8, 4) is 0 Å². The van der Waals surface area contributed by atoms with Crippen LogP contribution in [0.15, 0.2) is 12.2 Å². The number of aliphatic carboxylic acids is 1. The Morgan fingerprint density at radius 3 is 1.70 bits per heavy atom. The number of carbonyl (C=O) groups is 2. The van der Waals surface area contributed by atoms with Crippen LogP contribution in [0.3, 0.4) is 0 Å². The van der Waals surface area contributed by atoms with Gasteiger partial charge in [-0.2, -0.15) is 0 Å². The van der Waals surface area contributed by atoms with Crippen molar-refractivity contribution in [3.63, 3.8) is 0 Å². The molecule has 0 aromatic heterocycles. The van der Waals surface area contributed by atoms with Crippen LogP contribution >= 0.6 is 0 Å². The first-order chi connectivity index (χ1) is 15.7. The molecule has 186 valence electrons. The molecule has 0 bridgehead atoms. The van der Waals surface area contributed by atoms with Crippen molar-refractivity contribution in [2.45, 2.75) is 135 Å². The van der Waals surface area contributed by atoms with E-state index in [9.17, 15) is 14.7 Å². The summed E-state index contributed by atoms with van der Waals surface area (Å²) in [6, 6.07) is 0. The molecule has 1 aliphatic carbocycles. The van der Waals surface area contributed by atoms with Crippen molar-refractivity contribution < 1.29 is 49.0 Å². The summed E-state index contributed by atoms with van der Waals surface area (Å²) in [5.74, 6) is -2.59. The van der Waals surface area contributed by atoms with E-state index >= 15 is 0 Å². The summed E-state index contributed by atoms with van der Waals surface area (Å²) in [5.41, 5.74) is 0. The Labute approximate surface area is 226 Å². The Kier molecular flexibility index (Phi) is 23.2. The molecule has 5 heteroatoms. The van der Waals surface area contributed by atoms with Crippen molar-refractivity contribution in [1.82, 2.24) is 0 Å². The predicted octanol–water partition coefficient (Wildman–Crippen LogP) is 3.91. The second kappa shape index (κ2) is 23.4. The van der Waals surface area contributed by atoms with Gasteiger partial charge >= 0.3 is 35.5 Å². The molecule has 0 spiro atoms. The van der Waals surface area contributed by atoms with Crippen LogP contribution in [-0.4, -0.2) is 18.5 Å². The van der Waals surface area contributed by atoms with Gasteiger partial charge < -0.3 is 14.6 Å². The van der Waals surface area contributed by atoms with Gasteiger partial charge in [-0.3, -0.25) is 4.79 Å². The van der Waals surface area contributed by atoms with Crippen molar-refractivity contribution in [2.24, 2.45) is 11.8 Å². The molecule has 0 aliphatic heterocycles. The van der Waals surface area contributed by atoms with E-state index in [2.05, 4.69) is 19.1 Å². The fraction of sp³-hybridized carbons (Fsp3) is 0.857. The van der Waals surface area contributed by atoms with E-state index in [1.165, 1.54) is 89.9 Å². The number of hydrogen-bond donors (Lipinski definition) is 0. The number of carboxylic acids is 1. The summed E-state index contributed by atoms with van der Waals surface area (Å²) in [6.07, 6.45) is 28.0. The zero-order chi connectivity index (χ0) is 23.3. The van der Waals surface area contributed by atoms with E-state index in [0.717, 1.165) is 25.7 Å². The normalized spacial score (nSPS) is 18.2. The van der Waals surface area contributed by atoms with Gasteiger partial charge in [-0.1, -0.05) is 109 Å². The van der Waals surface area contributed by atoms with Crippen LogP contribution < -0.4 is 34.7 Å². The van der Waals surface area contributed by atoms with E-state index in [0.29, 0.717) is 19.4 Å². The maximum absolute atomic E-state index is 12.2. The molecular formula is C28H49NaO4. The van der Waals surface area contributed by atoms with Crippen molar-refractivity contribution in [3.05, 3.63) is 12.2 Å². The maximum Gasteiger partial charge on any atom is 1.00 e. The van der Waals surface area contributed by atoms with E-state index in [1.54, 1.807) is 0 Å². The zero-order valence-corrected chi connectivity index (χ0v) is 23.8. The molecule has 1 aliphatic rings. The summed E-state index contributed by atoms with van der Waals surface area (Å²) in [6.45, 7) is 2.66. The SMILES string of the molecule is CCCC/C=C/CCCCCCCCCCCCCCOC(=O)C1CCCCC1C(=O)[O-].[Na+]. The van der Waals surface area contributed by atoms with Gasteiger partial charge in [0.05, 0.1) is 12.5 Å². The topological polar surface area (TPSA) is 66.4 Å². The van der Waals surface area contributed by atoms with Crippen LogP contribution in [0.2, 0.25) is 0 Å². The first kappa shape index (κ1) is 32.7. The Hall–Kier alpha value is -0.320. The molecule has 0 saturated heterocycles. The fourth-order valence-corrected chi connectivity index (χ4v) is 4.66. The molecule has 0 N–H and O–H groups in total. The van der Waals surface area contributed by atoms with Gasteiger partial charge in [-0.25, -0.2) is 0 Å². The molecule has 1 rings (SSSR count). The number of allylic oxidation sites excluding steroid dienone is 2. The standard InChI is InChI=1S/C28H50O4.Na/c1-2-3-4-5-6-7-8-9-10-11-12-13-14-15-16-17-18-21-24-32-28(31)26-23-20-19-22-25(26)27(29)30;/h5-6,25-26H,2-4,7-24H2,1H3,(H,29,30);/q;+1/p-1/b6-5+;. The van der Waals surface area contributed by atoms with Gasteiger partial charge in [0.2, 0.25) is 0 Å². The average molecular weight is 473 g/mol. The van der Waals surface area contributed by atoms with Gasteiger partial charge in [0.25, 0.3) is 0 Å². The monoisotopic (exact) mass is 472 g/mol. The Morgan fingerprint density at radius 2 is 1.18 bits per heavy atom. The molecule has 0 aromatic carbocycles. The Morgan fingerprint density at radius 1 is 0.727 bits per heavy atom. The second-order valence-corrected chi connectivity index (χ2v) is 9.63. The number of rotatable bonds is 20. The third-order valence-corrected chi connectivity index (χ3v) is 6.77. The van der Waals surface area contributed by atoms with E-state index in [1.807, 2.05) is 0 Å². The van der Waals surface area contributed by atoms with Crippen LogP contribution in [0.1, 0.15) is 135 Å². The van der Waals surface area contributed by atoms with Crippen LogP contribution in [0.4, 0.5) is 0 Å². The largest absolute Gasteiger partial charge is 1.00 e. The molecule has 1 saturated carbocycles. The minimum Gasteiger partial charge on any atom is -0.550 e. The number of esters is 1. The van der Waals surface area contributed by atoms with Crippen LogP contribution in [0, 0.1) is 11.8 Å². The van der Waals surface area contributed by atoms with Gasteiger partial charge in [0.1, 0.15) is 0 Å². The molecule has 0 heterocycles. The molecule has 0 amide bonds. The van der Waals surface area contributed by atoms with Crippen LogP contribution in [0.25, 0.3) is 0 Å². The third kappa shape index (κ3) is 17.7. The summed E-state index contributed by atoms with van der Waals surface area (Å²) in [7, 11) is 0. The Balaban J connectivity index is 0.0000102.